The first-order chi connectivity index (χ1) is 8.26. The highest BCUT2D eigenvalue weighted by molar-refractivity contribution is 5.49. The Morgan fingerprint density at radius 2 is 1.76 bits per heavy atom. The predicted octanol–water partition coefficient (Wildman–Crippen LogP) is 1.69. The zero-order valence-corrected chi connectivity index (χ0v) is 10.1. The van der Waals surface area contributed by atoms with Crippen LogP contribution in [-0.4, -0.2) is 27.4 Å². The zero-order chi connectivity index (χ0) is 12.7. The van der Waals surface area contributed by atoms with E-state index in [0.717, 1.165) is 11.1 Å². The van der Waals surface area contributed by atoms with Crippen LogP contribution in [0.2, 0.25) is 0 Å². The standard InChI is InChI=1S/C12H15NO4/c1-15-7-9-4-11(16-2)10(6-13-8-14)12(5-9)17-3/h4-5H,6-7H2,1-3H3. The quantitative estimate of drug-likeness (QED) is 0.558. The Kier molecular flexibility index (Phi) is 5.20. The molecule has 0 spiro atoms. The minimum absolute atomic E-state index is 0.184. The molecule has 0 aliphatic heterocycles. The molecule has 0 aliphatic carbocycles. The van der Waals surface area contributed by atoms with Crippen LogP contribution in [0, 0.1) is 0 Å². The first-order valence-corrected chi connectivity index (χ1v) is 5.03. The second kappa shape index (κ2) is 6.68. The van der Waals surface area contributed by atoms with Crippen LogP contribution in [0.25, 0.3) is 0 Å². The summed E-state index contributed by atoms with van der Waals surface area (Å²) in [7, 11) is 4.72. The molecular weight excluding hydrogens is 222 g/mol. The lowest BCUT2D eigenvalue weighted by Crippen LogP contribution is -1.99. The Morgan fingerprint density at radius 3 is 2.18 bits per heavy atom. The van der Waals surface area contributed by atoms with Gasteiger partial charge in [-0.15, -0.1) is 0 Å². The van der Waals surface area contributed by atoms with E-state index in [1.165, 1.54) is 6.08 Å². The minimum Gasteiger partial charge on any atom is -0.496 e. The highest BCUT2D eigenvalue weighted by Gasteiger charge is 2.12. The SMILES string of the molecule is COCc1cc(OC)c(CN=C=O)c(OC)c1. The summed E-state index contributed by atoms with van der Waals surface area (Å²) in [5, 5.41) is 0. The summed E-state index contributed by atoms with van der Waals surface area (Å²) < 4.78 is 15.5. The van der Waals surface area contributed by atoms with Gasteiger partial charge in [0.25, 0.3) is 0 Å². The van der Waals surface area contributed by atoms with Crippen molar-refractivity contribution in [1.29, 1.82) is 0 Å². The molecule has 0 fully saturated rings. The van der Waals surface area contributed by atoms with E-state index >= 15 is 0 Å². The maximum Gasteiger partial charge on any atom is 0.235 e. The first-order valence-electron chi connectivity index (χ1n) is 5.03. The maximum absolute atomic E-state index is 10.2. The molecule has 92 valence electrons. The molecular formula is C12H15NO4. The lowest BCUT2D eigenvalue weighted by atomic mass is 10.1. The normalized spacial score (nSPS) is 9.59. The van der Waals surface area contributed by atoms with Crippen LogP contribution in [0.1, 0.15) is 11.1 Å². The van der Waals surface area contributed by atoms with Gasteiger partial charge in [-0.2, -0.15) is 0 Å². The van der Waals surface area contributed by atoms with E-state index < -0.39 is 0 Å². The molecule has 0 aliphatic rings. The largest absolute Gasteiger partial charge is 0.496 e. The molecule has 0 saturated carbocycles. The van der Waals surface area contributed by atoms with E-state index in [1.54, 1.807) is 21.3 Å². The number of isocyanates is 1. The molecule has 1 aromatic rings. The second-order valence-corrected chi connectivity index (χ2v) is 3.32. The number of methoxy groups -OCH3 is 3. The Hall–Kier alpha value is -1.84. The predicted molar refractivity (Wildman–Crippen MR) is 62.1 cm³/mol. The van der Waals surface area contributed by atoms with Crippen LogP contribution in [0.15, 0.2) is 17.1 Å². The average molecular weight is 237 g/mol. The molecule has 0 bridgehead atoms. The third-order valence-electron chi connectivity index (χ3n) is 2.28. The van der Waals surface area contributed by atoms with Crippen molar-refractivity contribution in [2.75, 3.05) is 21.3 Å². The molecule has 0 saturated heterocycles. The number of hydrogen-bond acceptors (Lipinski definition) is 5. The summed E-state index contributed by atoms with van der Waals surface area (Å²) in [5.41, 5.74) is 1.65. The van der Waals surface area contributed by atoms with Crippen molar-refractivity contribution in [3.63, 3.8) is 0 Å². The van der Waals surface area contributed by atoms with Gasteiger partial charge < -0.3 is 14.2 Å². The molecule has 5 heteroatoms. The summed E-state index contributed by atoms with van der Waals surface area (Å²) in [6.07, 6.45) is 1.50. The van der Waals surface area contributed by atoms with Gasteiger partial charge in [-0.05, 0) is 17.7 Å². The number of ether oxygens (including phenoxy) is 3. The maximum atomic E-state index is 10.2. The molecule has 0 amide bonds. The van der Waals surface area contributed by atoms with Crippen LogP contribution in [0.3, 0.4) is 0 Å². The number of nitrogens with zero attached hydrogens (tertiary/aromatic N) is 1. The van der Waals surface area contributed by atoms with Gasteiger partial charge in [0.05, 0.1) is 32.9 Å². The van der Waals surface area contributed by atoms with Crippen LogP contribution >= 0.6 is 0 Å². The van der Waals surface area contributed by atoms with Gasteiger partial charge >= 0.3 is 0 Å². The summed E-state index contributed by atoms with van der Waals surface area (Å²) in [6.45, 7) is 0.646. The van der Waals surface area contributed by atoms with E-state index in [0.29, 0.717) is 18.1 Å². The van der Waals surface area contributed by atoms with Gasteiger partial charge in [-0.25, -0.2) is 9.79 Å². The molecule has 0 unspecified atom stereocenters. The van der Waals surface area contributed by atoms with Crippen LogP contribution in [-0.2, 0) is 22.7 Å². The second-order valence-electron chi connectivity index (χ2n) is 3.32. The summed E-state index contributed by atoms with van der Waals surface area (Å²) in [5.74, 6) is 1.24. The topological polar surface area (TPSA) is 57.1 Å². The Balaban J connectivity index is 3.20. The van der Waals surface area contributed by atoms with Gasteiger partial charge in [-0.1, -0.05) is 0 Å². The molecule has 0 atom stereocenters. The van der Waals surface area contributed by atoms with Crippen molar-refractivity contribution in [3.8, 4) is 11.5 Å². The van der Waals surface area contributed by atoms with Crippen LogP contribution in [0.4, 0.5) is 0 Å². The lowest BCUT2D eigenvalue weighted by molar-refractivity contribution is 0.184. The fraction of sp³-hybridized carbons (Fsp3) is 0.417. The van der Waals surface area contributed by atoms with Gasteiger partial charge in [0.1, 0.15) is 11.5 Å². The Bertz CT molecular complexity index is 400. The van der Waals surface area contributed by atoms with Crippen LogP contribution in [0.5, 0.6) is 11.5 Å². The van der Waals surface area contributed by atoms with Crippen molar-refractivity contribution in [2.24, 2.45) is 4.99 Å². The molecule has 1 aromatic carbocycles. The molecule has 0 aromatic heterocycles. The van der Waals surface area contributed by atoms with Gasteiger partial charge in [-0.3, -0.25) is 0 Å². The lowest BCUT2D eigenvalue weighted by Gasteiger charge is -2.13. The Morgan fingerprint density at radius 1 is 1.18 bits per heavy atom. The van der Waals surface area contributed by atoms with Gasteiger partial charge in [0.2, 0.25) is 6.08 Å². The highest BCUT2D eigenvalue weighted by Crippen LogP contribution is 2.31. The van der Waals surface area contributed by atoms with E-state index in [2.05, 4.69) is 4.99 Å². The third-order valence-corrected chi connectivity index (χ3v) is 2.28. The van der Waals surface area contributed by atoms with Crippen LogP contribution < -0.4 is 9.47 Å². The van der Waals surface area contributed by atoms with E-state index in [4.69, 9.17) is 14.2 Å². The summed E-state index contributed by atoms with van der Waals surface area (Å²) >= 11 is 0. The zero-order valence-electron chi connectivity index (χ0n) is 10.1. The minimum atomic E-state index is 0.184. The van der Waals surface area contributed by atoms with E-state index in [-0.39, 0.29) is 6.54 Å². The average Bonchev–Trinajstić information content (AvgIpc) is 2.36. The van der Waals surface area contributed by atoms with Crippen molar-refractivity contribution in [1.82, 2.24) is 0 Å². The number of hydrogen-bond donors (Lipinski definition) is 0. The molecule has 1 rings (SSSR count). The fourth-order valence-electron chi connectivity index (χ4n) is 1.56. The molecule has 17 heavy (non-hydrogen) atoms. The number of carbonyl (C=O) groups excluding carboxylic acids is 1. The van der Waals surface area contributed by atoms with E-state index in [9.17, 15) is 4.79 Å². The molecule has 0 heterocycles. The monoisotopic (exact) mass is 237 g/mol. The van der Waals surface area contributed by atoms with Crippen molar-refractivity contribution in [3.05, 3.63) is 23.3 Å². The van der Waals surface area contributed by atoms with Gasteiger partial charge in [0.15, 0.2) is 0 Å². The van der Waals surface area contributed by atoms with Crippen molar-refractivity contribution in [2.45, 2.75) is 13.2 Å². The van der Waals surface area contributed by atoms with E-state index in [1.807, 2.05) is 12.1 Å². The molecule has 0 radical (unpaired) electrons. The highest BCUT2D eigenvalue weighted by atomic mass is 16.5. The number of rotatable bonds is 6. The summed E-state index contributed by atoms with van der Waals surface area (Å²) in [4.78, 5) is 13.7. The number of aliphatic imine (C=N–C) groups is 1. The van der Waals surface area contributed by atoms with Gasteiger partial charge in [0, 0.05) is 7.11 Å². The molecule has 0 N–H and O–H groups in total. The number of benzene rings is 1. The Labute approximate surface area is 100 Å². The van der Waals surface area contributed by atoms with Crippen molar-refractivity contribution < 1.29 is 19.0 Å². The summed E-state index contributed by atoms with van der Waals surface area (Å²) in [6, 6.07) is 3.67. The fourth-order valence-corrected chi connectivity index (χ4v) is 1.56. The molecule has 5 nitrogen and oxygen atoms in total. The van der Waals surface area contributed by atoms with Crippen molar-refractivity contribution >= 4 is 6.08 Å². The third kappa shape index (κ3) is 3.31. The first kappa shape index (κ1) is 13.2. The smallest absolute Gasteiger partial charge is 0.235 e.